The average Bonchev–Trinajstić information content (AvgIpc) is 2.81. The normalized spacial score (nSPS) is 26.5. The van der Waals surface area contributed by atoms with Gasteiger partial charge < -0.3 is 10.5 Å². The number of anilines is 1. The molecule has 0 aliphatic carbocycles. The second-order valence-electron chi connectivity index (χ2n) is 5.97. The van der Waals surface area contributed by atoms with Crippen molar-refractivity contribution in [1.82, 2.24) is 0 Å². The van der Waals surface area contributed by atoms with Gasteiger partial charge in [0, 0.05) is 13.0 Å². The first kappa shape index (κ1) is 17.2. The first-order valence-electron chi connectivity index (χ1n) is 7.65. The minimum absolute atomic E-state index is 0.122. The monoisotopic (exact) mass is 356 g/mol. The van der Waals surface area contributed by atoms with Crippen LogP contribution in [0.15, 0.2) is 12.1 Å². The fourth-order valence-electron chi connectivity index (χ4n) is 3.64. The van der Waals surface area contributed by atoms with Crippen LogP contribution in [0.4, 0.5) is 14.5 Å². The van der Waals surface area contributed by atoms with E-state index in [1.165, 1.54) is 13.2 Å². The highest BCUT2D eigenvalue weighted by molar-refractivity contribution is 7.99. The molecule has 0 bridgehead atoms. The number of halogens is 2. The lowest BCUT2D eigenvalue weighted by atomic mass is 9.80. The van der Waals surface area contributed by atoms with E-state index in [0.29, 0.717) is 12.2 Å². The minimum atomic E-state index is -1.62. The molecule has 0 unspecified atom stereocenters. The zero-order valence-corrected chi connectivity index (χ0v) is 14.0. The van der Waals surface area contributed by atoms with Crippen molar-refractivity contribution in [1.29, 1.82) is 0 Å². The molecule has 1 fully saturated rings. The van der Waals surface area contributed by atoms with Gasteiger partial charge in [-0.3, -0.25) is 14.5 Å². The number of hydrogen-bond donors (Lipinski definition) is 1. The lowest BCUT2D eigenvalue weighted by Gasteiger charge is -2.37. The third-order valence-electron chi connectivity index (χ3n) is 4.67. The number of ether oxygens (including phenoxy) is 1. The number of fused-ring (bicyclic) bond motifs is 1. The summed E-state index contributed by atoms with van der Waals surface area (Å²) in [4.78, 5) is 25.6. The maximum atomic E-state index is 14.7. The highest BCUT2D eigenvalue weighted by Crippen LogP contribution is 2.51. The number of thioether (sulfide) groups is 1. The Morgan fingerprint density at radius 2 is 2.25 bits per heavy atom. The molecule has 1 aromatic rings. The minimum Gasteiger partial charge on any atom is -0.368 e. The van der Waals surface area contributed by atoms with Crippen LogP contribution in [-0.4, -0.2) is 37.0 Å². The van der Waals surface area contributed by atoms with Gasteiger partial charge in [-0.05, 0) is 36.5 Å². The maximum Gasteiger partial charge on any atom is 0.264 e. The number of nitrogens with two attached hydrogens (primary N) is 1. The van der Waals surface area contributed by atoms with Crippen molar-refractivity contribution in [3.8, 4) is 0 Å². The lowest BCUT2D eigenvalue weighted by Crippen LogP contribution is -2.50. The Labute approximate surface area is 142 Å². The van der Waals surface area contributed by atoms with Gasteiger partial charge in [0.25, 0.3) is 5.91 Å². The standard InChI is InChI=1S/C16H18F2N2O3S/c1-23-16(9-3-2-6-24-8-9)13-11(5-4-10(17)14(13)18)20(15(16)22)7-12(19)21/h4-5,9H,2-3,6-8H2,1H3,(H2,19,21)/t9-,16-/m0/s1. The molecule has 0 saturated carbocycles. The average molecular weight is 356 g/mol. The molecule has 2 N–H and O–H groups in total. The second kappa shape index (κ2) is 6.33. The summed E-state index contributed by atoms with van der Waals surface area (Å²) in [5.74, 6) is -2.20. The number of hydrogen-bond acceptors (Lipinski definition) is 4. The van der Waals surface area contributed by atoms with Gasteiger partial charge in [0.05, 0.1) is 11.3 Å². The van der Waals surface area contributed by atoms with Crippen molar-refractivity contribution >= 4 is 29.3 Å². The summed E-state index contributed by atoms with van der Waals surface area (Å²) < 4.78 is 34.1. The zero-order chi connectivity index (χ0) is 17.5. The largest absolute Gasteiger partial charge is 0.368 e. The molecule has 8 heteroatoms. The van der Waals surface area contributed by atoms with Crippen LogP contribution in [-0.2, 0) is 19.9 Å². The van der Waals surface area contributed by atoms with Gasteiger partial charge in [-0.1, -0.05) is 0 Å². The highest BCUT2D eigenvalue weighted by atomic mass is 32.2. The van der Waals surface area contributed by atoms with Crippen LogP contribution in [0.3, 0.4) is 0 Å². The first-order valence-corrected chi connectivity index (χ1v) is 8.80. The van der Waals surface area contributed by atoms with E-state index < -0.39 is 35.6 Å². The molecule has 2 atom stereocenters. The Morgan fingerprint density at radius 3 is 2.83 bits per heavy atom. The predicted molar refractivity (Wildman–Crippen MR) is 86.6 cm³/mol. The van der Waals surface area contributed by atoms with E-state index >= 15 is 0 Å². The second-order valence-corrected chi connectivity index (χ2v) is 7.12. The highest BCUT2D eigenvalue weighted by Gasteiger charge is 2.58. The SMILES string of the molecule is CO[C@]1([C@H]2CCCSC2)C(=O)N(CC(N)=O)c2ccc(F)c(F)c21. The molecule has 2 amide bonds. The van der Waals surface area contributed by atoms with Crippen LogP contribution >= 0.6 is 11.8 Å². The summed E-state index contributed by atoms with van der Waals surface area (Å²) in [6.07, 6.45) is 1.52. The van der Waals surface area contributed by atoms with E-state index in [1.54, 1.807) is 11.8 Å². The van der Waals surface area contributed by atoms with Gasteiger partial charge in [-0.2, -0.15) is 11.8 Å². The Bertz CT molecular complexity index is 694. The molecule has 1 aromatic carbocycles. The predicted octanol–water partition coefficient (Wildman–Crippen LogP) is 1.78. The van der Waals surface area contributed by atoms with Crippen LogP contribution in [0.5, 0.6) is 0 Å². The number of nitrogens with zero attached hydrogens (tertiary/aromatic N) is 1. The van der Waals surface area contributed by atoms with Crippen molar-refractivity contribution in [2.45, 2.75) is 18.4 Å². The summed E-state index contributed by atoms with van der Waals surface area (Å²) in [6.45, 7) is -0.401. The number of amides is 2. The van der Waals surface area contributed by atoms with Crippen LogP contribution in [0.2, 0.25) is 0 Å². The Kier molecular flexibility index (Phi) is 4.52. The molecule has 2 heterocycles. The van der Waals surface area contributed by atoms with Gasteiger partial charge in [-0.15, -0.1) is 0 Å². The molecule has 0 aromatic heterocycles. The van der Waals surface area contributed by atoms with Crippen molar-refractivity contribution in [2.24, 2.45) is 11.7 Å². The molecule has 130 valence electrons. The van der Waals surface area contributed by atoms with Gasteiger partial charge in [-0.25, -0.2) is 8.78 Å². The summed E-state index contributed by atoms with van der Waals surface area (Å²) in [6, 6.07) is 2.24. The number of rotatable bonds is 4. The molecule has 2 aliphatic rings. The lowest BCUT2D eigenvalue weighted by molar-refractivity contribution is -0.147. The molecule has 0 radical (unpaired) electrons. The summed E-state index contributed by atoms with van der Waals surface area (Å²) in [7, 11) is 1.32. The fraction of sp³-hybridized carbons (Fsp3) is 0.500. The quantitative estimate of drug-likeness (QED) is 0.893. The Balaban J connectivity index is 2.20. The molecule has 24 heavy (non-hydrogen) atoms. The maximum absolute atomic E-state index is 14.7. The third kappa shape index (κ3) is 2.39. The summed E-state index contributed by atoms with van der Waals surface area (Å²) in [5, 5.41) is 0. The first-order chi connectivity index (χ1) is 11.4. The molecular formula is C16H18F2N2O3S. The smallest absolute Gasteiger partial charge is 0.264 e. The molecule has 3 rings (SSSR count). The van der Waals surface area contributed by atoms with E-state index in [-0.39, 0.29) is 17.2 Å². The van der Waals surface area contributed by atoms with Gasteiger partial charge in [0.1, 0.15) is 6.54 Å². The van der Waals surface area contributed by atoms with Gasteiger partial charge >= 0.3 is 0 Å². The van der Waals surface area contributed by atoms with Crippen molar-refractivity contribution < 1.29 is 23.1 Å². The van der Waals surface area contributed by atoms with Crippen molar-refractivity contribution in [2.75, 3.05) is 30.1 Å². The summed E-state index contributed by atoms with van der Waals surface area (Å²) >= 11 is 1.65. The van der Waals surface area contributed by atoms with Crippen molar-refractivity contribution in [3.63, 3.8) is 0 Å². The Morgan fingerprint density at radius 1 is 1.50 bits per heavy atom. The summed E-state index contributed by atoms with van der Waals surface area (Å²) in [5.41, 5.74) is 3.63. The van der Waals surface area contributed by atoms with Gasteiger partial charge in [0.15, 0.2) is 17.2 Å². The third-order valence-corrected chi connectivity index (χ3v) is 5.88. The number of carbonyl (C=O) groups excluding carboxylic acids is 2. The van der Waals surface area contributed by atoms with Gasteiger partial charge in [0.2, 0.25) is 5.91 Å². The van der Waals surface area contributed by atoms with E-state index in [0.717, 1.165) is 23.1 Å². The molecule has 5 nitrogen and oxygen atoms in total. The molecule has 2 aliphatic heterocycles. The Hall–Kier alpha value is -1.67. The van der Waals surface area contributed by atoms with E-state index in [1.807, 2.05) is 0 Å². The van der Waals surface area contributed by atoms with Crippen molar-refractivity contribution in [3.05, 3.63) is 29.3 Å². The zero-order valence-electron chi connectivity index (χ0n) is 13.2. The van der Waals surface area contributed by atoms with E-state index in [2.05, 4.69) is 0 Å². The molecule has 0 spiro atoms. The number of methoxy groups -OCH3 is 1. The number of primary amides is 1. The topological polar surface area (TPSA) is 72.6 Å². The molecule has 1 saturated heterocycles. The van der Waals surface area contributed by atoms with Crippen LogP contribution in [0, 0.1) is 17.6 Å². The van der Waals surface area contributed by atoms with Crippen LogP contribution in [0.1, 0.15) is 18.4 Å². The van der Waals surface area contributed by atoms with Crippen LogP contribution < -0.4 is 10.6 Å². The molecular weight excluding hydrogens is 338 g/mol. The fourth-order valence-corrected chi connectivity index (χ4v) is 4.87. The van der Waals surface area contributed by atoms with E-state index in [4.69, 9.17) is 10.5 Å². The number of carbonyl (C=O) groups is 2. The van der Waals surface area contributed by atoms with E-state index in [9.17, 15) is 18.4 Å². The number of benzene rings is 1. The van der Waals surface area contributed by atoms with Crippen LogP contribution in [0.25, 0.3) is 0 Å².